The minimum atomic E-state index is -0.460. The lowest BCUT2D eigenvalue weighted by molar-refractivity contribution is -0.384. The Morgan fingerprint density at radius 3 is 2.53 bits per heavy atom. The third kappa shape index (κ3) is 2.65. The Morgan fingerprint density at radius 1 is 1.16 bits per heavy atom. The summed E-state index contributed by atoms with van der Waals surface area (Å²) in [6.45, 7) is 4.04. The average molecular weight is 257 g/mol. The van der Waals surface area contributed by atoms with Crippen LogP contribution in [0.5, 0.6) is 0 Å². The number of non-ortho nitro benzene ring substituents is 1. The van der Waals surface area contributed by atoms with Crippen LogP contribution in [0.25, 0.3) is 0 Å². The maximum Gasteiger partial charge on any atom is 0.271 e. The SMILES string of the molecule is Cc1cccc(Nc2ccc([N+](=O)[O-])cc2N)c1C. The zero-order valence-corrected chi connectivity index (χ0v) is 10.8. The molecule has 19 heavy (non-hydrogen) atoms. The smallest absolute Gasteiger partial charge is 0.271 e. The van der Waals surface area contributed by atoms with Crippen LogP contribution in [-0.4, -0.2) is 4.92 Å². The first-order chi connectivity index (χ1) is 8.99. The van der Waals surface area contributed by atoms with Crippen LogP contribution in [0.1, 0.15) is 11.1 Å². The summed E-state index contributed by atoms with van der Waals surface area (Å²) in [5.41, 5.74) is 10.1. The Hall–Kier alpha value is -2.56. The van der Waals surface area contributed by atoms with Gasteiger partial charge in [0.2, 0.25) is 0 Å². The molecule has 5 nitrogen and oxygen atoms in total. The van der Waals surface area contributed by atoms with Gasteiger partial charge in [-0.05, 0) is 37.1 Å². The van der Waals surface area contributed by atoms with Gasteiger partial charge in [0.1, 0.15) is 0 Å². The first kappa shape index (κ1) is 12.9. The Balaban J connectivity index is 2.34. The van der Waals surface area contributed by atoms with Gasteiger partial charge in [0, 0.05) is 17.8 Å². The van der Waals surface area contributed by atoms with Crippen molar-refractivity contribution in [2.45, 2.75) is 13.8 Å². The van der Waals surface area contributed by atoms with Gasteiger partial charge in [-0.2, -0.15) is 0 Å². The normalized spacial score (nSPS) is 10.2. The molecule has 0 heterocycles. The number of nitrogens with one attached hydrogen (secondary N) is 1. The summed E-state index contributed by atoms with van der Waals surface area (Å²) < 4.78 is 0. The van der Waals surface area contributed by atoms with Crippen molar-refractivity contribution in [3.8, 4) is 0 Å². The van der Waals surface area contributed by atoms with E-state index in [9.17, 15) is 10.1 Å². The molecular weight excluding hydrogens is 242 g/mol. The fraction of sp³-hybridized carbons (Fsp3) is 0.143. The second-order valence-corrected chi connectivity index (χ2v) is 4.40. The van der Waals surface area contributed by atoms with Gasteiger partial charge in [-0.3, -0.25) is 10.1 Å². The van der Waals surface area contributed by atoms with E-state index in [1.165, 1.54) is 17.7 Å². The molecule has 0 aliphatic carbocycles. The van der Waals surface area contributed by atoms with Gasteiger partial charge >= 0.3 is 0 Å². The molecule has 0 aromatic heterocycles. The second-order valence-electron chi connectivity index (χ2n) is 4.40. The fourth-order valence-corrected chi connectivity index (χ4v) is 1.81. The van der Waals surface area contributed by atoms with Crippen molar-refractivity contribution in [1.29, 1.82) is 0 Å². The third-order valence-electron chi connectivity index (χ3n) is 3.12. The van der Waals surface area contributed by atoms with Crippen LogP contribution >= 0.6 is 0 Å². The van der Waals surface area contributed by atoms with E-state index in [1.54, 1.807) is 6.07 Å². The maximum atomic E-state index is 10.7. The number of hydrogen-bond acceptors (Lipinski definition) is 4. The molecule has 5 heteroatoms. The van der Waals surface area contributed by atoms with Crippen molar-refractivity contribution in [1.82, 2.24) is 0 Å². The highest BCUT2D eigenvalue weighted by Crippen LogP contribution is 2.29. The summed E-state index contributed by atoms with van der Waals surface area (Å²) in [4.78, 5) is 10.2. The third-order valence-corrected chi connectivity index (χ3v) is 3.12. The van der Waals surface area contributed by atoms with Crippen molar-refractivity contribution in [3.05, 3.63) is 57.6 Å². The van der Waals surface area contributed by atoms with Crippen molar-refractivity contribution in [2.24, 2.45) is 0 Å². The molecule has 2 aromatic carbocycles. The van der Waals surface area contributed by atoms with Gasteiger partial charge in [0.05, 0.1) is 16.3 Å². The van der Waals surface area contributed by atoms with Crippen LogP contribution in [0.3, 0.4) is 0 Å². The Kier molecular flexibility index (Phi) is 3.37. The van der Waals surface area contributed by atoms with Crippen molar-refractivity contribution in [3.63, 3.8) is 0 Å². The molecule has 0 fully saturated rings. The number of nitrogen functional groups attached to an aromatic ring is 1. The molecule has 0 amide bonds. The second kappa shape index (κ2) is 4.97. The Morgan fingerprint density at radius 2 is 1.89 bits per heavy atom. The number of benzene rings is 2. The number of hydrogen-bond donors (Lipinski definition) is 2. The van der Waals surface area contributed by atoms with E-state index in [0.29, 0.717) is 11.4 Å². The minimum Gasteiger partial charge on any atom is -0.397 e. The molecule has 0 aliphatic rings. The number of rotatable bonds is 3. The van der Waals surface area contributed by atoms with E-state index in [2.05, 4.69) is 5.32 Å². The van der Waals surface area contributed by atoms with E-state index in [0.717, 1.165) is 11.3 Å². The molecule has 2 aromatic rings. The molecule has 2 rings (SSSR count). The number of nitro benzene ring substituents is 1. The molecule has 0 aliphatic heterocycles. The number of anilines is 3. The molecule has 0 saturated heterocycles. The van der Waals surface area contributed by atoms with E-state index in [4.69, 9.17) is 5.73 Å². The van der Waals surface area contributed by atoms with Gasteiger partial charge < -0.3 is 11.1 Å². The highest BCUT2D eigenvalue weighted by Gasteiger charge is 2.09. The van der Waals surface area contributed by atoms with Gasteiger partial charge in [0.15, 0.2) is 0 Å². The summed E-state index contributed by atoms with van der Waals surface area (Å²) >= 11 is 0. The molecule has 0 bridgehead atoms. The van der Waals surface area contributed by atoms with Gasteiger partial charge in [-0.25, -0.2) is 0 Å². The fourth-order valence-electron chi connectivity index (χ4n) is 1.81. The highest BCUT2D eigenvalue weighted by molar-refractivity contribution is 5.76. The standard InChI is InChI=1S/C14H15N3O2/c1-9-4-3-5-13(10(9)2)16-14-7-6-11(17(18)19)8-12(14)15/h3-8,16H,15H2,1-2H3. The van der Waals surface area contributed by atoms with Crippen LogP contribution in [0.15, 0.2) is 36.4 Å². The van der Waals surface area contributed by atoms with Crippen LogP contribution in [0, 0.1) is 24.0 Å². The molecule has 0 saturated carbocycles. The summed E-state index contributed by atoms with van der Waals surface area (Å²) in [6.07, 6.45) is 0. The summed E-state index contributed by atoms with van der Waals surface area (Å²) in [5.74, 6) is 0. The van der Waals surface area contributed by atoms with E-state index >= 15 is 0 Å². The summed E-state index contributed by atoms with van der Waals surface area (Å²) in [5, 5.41) is 13.9. The quantitative estimate of drug-likeness (QED) is 0.500. The van der Waals surface area contributed by atoms with E-state index < -0.39 is 4.92 Å². The molecule has 0 spiro atoms. The molecule has 3 N–H and O–H groups in total. The maximum absolute atomic E-state index is 10.7. The number of nitro groups is 1. The summed E-state index contributed by atoms with van der Waals surface area (Å²) in [6, 6.07) is 10.3. The molecule has 0 unspecified atom stereocenters. The summed E-state index contributed by atoms with van der Waals surface area (Å²) in [7, 11) is 0. The molecule has 0 atom stereocenters. The van der Waals surface area contributed by atoms with Crippen molar-refractivity contribution < 1.29 is 4.92 Å². The lowest BCUT2D eigenvalue weighted by atomic mass is 10.1. The Bertz CT molecular complexity index is 639. The monoisotopic (exact) mass is 257 g/mol. The molecular formula is C14H15N3O2. The van der Waals surface area contributed by atoms with E-state index in [1.807, 2.05) is 32.0 Å². The van der Waals surface area contributed by atoms with E-state index in [-0.39, 0.29) is 5.69 Å². The molecule has 0 radical (unpaired) electrons. The largest absolute Gasteiger partial charge is 0.397 e. The van der Waals surface area contributed by atoms with Crippen LogP contribution < -0.4 is 11.1 Å². The first-order valence-corrected chi connectivity index (χ1v) is 5.86. The van der Waals surface area contributed by atoms with Crippen LogP contribution in [-0.2, 0) is 0 Å². The van der Waals surface area contributed by atoms with Crippen LogP contribution in [0.4, 0.5) is 22.7 Å². The topological polar surface area (TPSA) is 81.2 Å². The minimum absolute atomic E-state index is 0.0102. The lowest BCUT2D eigenvalue weighted by Crippen LogP contribution is -1.99. The first-order valence-electron chi connectivity index (χ1n) is 5.86. The predicted octanol–water partition coefficient (Wildman–Crippen LogP) is 3.54. The molecule has 98 valence electrons. The zero-order chi connectivity index (χ0) is 14.0. The van der Waals surface area contributed by atoms with Gasteiger partial charge in [-0.1, -0.05) is 12.1 Å². The van der Waals surface area contributed by atoms with Crippen molar-refractivity contribution in [2.75, 3.05) is 11.1 Å². The Labute approximate surface area is 111 Å². The van der Waals surface area contributed by atoms with Gasteiger partial charge in [-0.15, -0.1) is 0 Å². The number of aryl methyl sites for hydroxylation is 1. The number of nitrogens with zero attached hydrogens (tertiary/aromatic N) is 1. The predicted molar refractivity (Wildman–Crippen MR) is 76.7 cm³/mol. The van der Waals surface area contributed by atoms with Crippen molar-refractivity contribution >= 4 is 22.7 Å². The van der Waals surface area contributed by atoms with Crippen LogP contribution in [0.2, 0.25) is 0 Å². The average Bonchev–Trinajstić information content (AvgIpc) is 2.37. The lowest BCUT2D eigenvalue weighted by Gasteiger charge is -2.13. The highest BCUT2D eigenvalue weighted by atomic mass is 16.6. The number of nitrogens with two attached hydrogens (primary N) is 1. The zero-order valence-electron chi connectivity index (χ0n) is 10.8. The van der Waals surface area contributed by atoms with Gasteiger partial charge in [0.25, 0.3) is 5.69 Å².